The largest absolute Gasteiger partial charge is 0.422 e. The number of nitrogens with zero attached hydrogens (tertiary/aromatic N) is 3. The molecule has 166 valence electrons. The highest BCUT2D eigenvalue weighted by Crippen LogP contribution is 2.37. The topological polar surface area (TPSA) is 135 Å². The molecule has 0 fully saturated rings. The Morgan fingerprint density at radius 2 is 1.97 bits per heavy atom. The third-order valence-electron chi connectivity index (χ3n) is 4.50. The summed E-state index contributed by atoms with van der Waals surface area (Å²) < 4.78 is 54.2. The predicted octanol–water partition coefficient (Wildman–Crippen LogP) is 3.26. The summed E-state index contributed by atoms with van der Waals surface area (Å²) in [5.41, 5.74) is 2.68. The van der Waals surface area contributed by atoms with Crippen LogP contribution in [-0.4, -0.2) is 38.1 Å². The molecule has 0 radical (unpaired) electrons. The van der Waals surface area contributed by atoms with Gasteiger partial charge in [-0.2, -0.15) is 0 Å². The Morgan fingerprint density at radius 3 is 2.69 bits per heavy atom. The Hall–Kier alpha value is -2.77. The first-order chi connectivity index (χ1) is 15.4. The first-order valence-electron chi connectivity index (χ1n) is 9.32. The molecule has 0 aliphatic rings. The first-order valence-corrected chi connectivity index (χ1v) is 13.0. The van der Waals surface area contributed by atoms with Gasteiger partial charge in [0.2, 0.25) is 23.0 Å². The molecule has 0 aliphatic heterocycles. The summed E-state index contributed by atoms with van der Waals surface area (Å²) in [6.45, 7) is 3.33. The van der Waals surface area contributed by atoms with Gasteiger partial charge in [-0.15, -0.1) is 28.1 Å². The predicted molar refractivity (Wildman–Crippen MR) is 123 cm³/mol. The van der Waals surface area contributed by atoms with E-state index in [0.29, 0.717) is 10.5 Å². The molecule has 12 heteroatoms. The average molecular weight is 491 g/mol. The Morgan fingerprint density at radius 1 is 1.19 bits per heavy atom. The molecule has 2 unspecified atom stereocenters. The van der Waals surface area contributed by atoms with Gasteiger partial charge in [-0.3, -0.25) is 4.55 Å². The van der Waals surface area contributed by atoms with Crippen LogP contribution in [0.5, 0.6) is 0 Å². The zero-order chi connectivity index (χ0) is 22.7. The van der Waals surface area contributed by atoms with E-state index in [4.69, 9.17) is 8.97 Å². The molecule has 32 heavy (non-hydrogen) atoms. The number of thiazole rings is 1. The summed E-state index contributed by atoms with van der Waals surface area (Å²) >= 11 is -1.04. The molecular weight excluding hydrogens is 472 g/mol. The van der Waals surface area contributed by atoms with Gasteiger partial charge in [-0.05, 0) is 23.3 Å². The second-order valence-electron chi connectivity index (χ2n) is 6.70. The van der Waals surface area contributed by atoms with Gasteiger partial charge in [0.05, 0.1) is 22.5 Å². The fourth-order valence-electron chi connectivity index (χ4n) is 3.11. The minimum absolute atomic E-state index is 0.0197. The lowest BCUT2D eigenvalue weighted by Crippen LogP contribution is -2.17. The number of sulfone groups is 1. The van der Waals surface area contributed by atoms with E-state index in [1.165, 1.54) is 17.4 Å². The van der Waals surface area contributed by atoms with Crippen molar-refractivity contribution in [3.63, 3.8) is 0 Å². The van der Waals surface area contributed by atoms with Crippen molar-refractivity contribution in [3.05, 3.63) is 78.0 Å². The van der Waals surface area contributed by atoms with Crippen molar-refractivity contribution in [2.45, 2.75) is 11.8 Å². The first kappa shape index (κ1) is 22.4. The highest BCUT2D eigenvalue weighted by Gasteiger charge is 2.36. The van der Waals surface area contributed by atoms with Crippen molar-refractivity contribution in [3.8, 4) is 11.1 Å². The fourth-order valence-corrected chi connectivity index (χ4v) is 6.20. The smallest absolute Gasteiger partial charge is 0.241 e. The van der Waals surface area contributed by atoms with Crippen LogP contribution in [0.2, 0.25) is 0 Å². The van der Waals surface area contributed by atoms with Gasteiger partial charge >= 0.3 is 0 Å². The lowest BCUT2D eigenvalue weighted by Gasteiger charge is -2.10. The number of nitrogens with one attached hydrogen (secondary N) is 1. The molecule has 0 saturated carbocycles. The van der Waals surface area contributed by atoms with Gasteiger partial charge in [0.25, 0.3) is 0 Å². The molecule has 0 saturated heterocycles. The summed E-state index contributed by atoms with van der Waals surface area (Å²) in [7, 11) is -3.80. The minimum Gasteiger partial charge on any atom is -0.422 e. The number of fused-ring (bicyclic) bond motifs is 1. The van der Waals surface area contributed by atoms with Crippen LogP contribution in [0, 0.1) is 0 Å². The van der Waals surface area contributed by atoms with Crippen molar-refractivity contribution >= 4 is 42.7 Å². The van der Waals surface area contributed by atoms with E-state index in [0.717, 1.165) is 15.8 Å². The van der Waals surface area contributed by atoms with Gasteiger partial charge < -0.3 is 4.42 Å². The zero-order valence-corrected chi connectivity index (χ0v) is 19.0. The normalized spacial score (nSPS) is 13.8. The Kier molecular flexibility index (Phi) is 6.58. The maximum Gasteiger partial charge on any atom is 0.241 e. The quantitative estimate of drug-likeness (QED) is 0.270. The fraction of sp³-hybridized carbons (Fsp3) is 0.150. The lowest BCUT2D eigenvalue weighted by atomic mass is 10.1. The maximum atomic E-state index is 13.0. The highest BCUT2D eigenvalue weighted by molar-refractivity contribution is 7.92. The van der Waals surface area contributed by atoms with Crippen molar-refractivity contribution in [2.75, 3.05) is 5.75 Å². The van der Waals surface area contributed by atoms with E-state index in [9.17, 15) is 12.6 Å². The van der Waals surface area contributed by atoms with Crippen LogP contribution in [0.4, 0.5) is 0 Å². The molecule has 2 aromatic heterocycles. The van der Waals surface area contributed by atoms with Crippen LogP contribution < -0.4 is 4.72 Å². The van der Waals surface area contributed by atoms with Gasteiger partial charge in [0.15, 0.2) is 15.1 Å². The summed E-state index contributed by atoms with van der Waals surface area (Å²) in [6.07, 6.45) is 1.29. The zero-order valence-electron chi connectivity index (χ0n) is 16.5. The monoisotopic (exact) mass is 490 g/mol. The second-order valence-corrected chi connectivity index (χ2v) is 10.7. The van der Waals surface area contributed by atoms with E-state index in [1.807, 2.05) is 48.5 Å². The summed E-state index contributed by atoms with van der Waals surface area (Å²) in [5, 5.41) is 6.66. The standard InChI is InChI=1S/C20H18N4O5S3/c1-2-10-32(27,28)18(19-24-23-17(29-19)12-21-31(25)26)20-22-15-9-8-14(11-16(15)30-20)13-6-4-3-5-7-13/h2-9,11,18,21H,1,10,12H2,(H,25,26). The van der Waals surface area contributed by atoms with Crippen LogP contribution in [0.3, 0.4) is 0 Å². The SMILES string of the molecule is C=CCS(=O)(=O)C(c1nnc(CNS(=O)O)o1)c1nc2ccc(-c3ccccc3)cc2s1. The molecule has 0 aliphatic carbocycles. The van der Waals surface area contributed by atoms with Crippen molar-refractivity contribution in [1.82, 2.24) is 19.9 Å². The third kappa shape index (κ3) is 4.84. The van der Waals surface area contributed by atoms with Crippen molar-refractivity contribution in [1.29, 1.82) is 0 Å². The number of hydrogen-bond donors (Lipinski definition) is 2. The molecule has 0 bridgehead atoms. The number of rotatable bonds is 9. The third-order valence-corrected chi connectivity index (χ3v) is 7.97. The number of benzene rings is 2. The highest BCUT2D eigenvalue weighted by atomic mass is 32.2. The Bertz CT molecular complexity index is 1380. The van der Waals surface area contributed by atoms with Gasteiger partial charge in [0.1, 0.15) is 5.01 Å². The van der Waals surface area contributed by atoms with E-state index in [1.54, 1.807) is 0 Å². The van der Waals surface area contributed by atoms with E-state index in [2.05, 4.69) is 26.5 Å². The van der Waals surface area contributed by atoms with Gasteiger partial charge in [-0.25, -0.2) is 22.3 Å². The molecule has 4 rings (SSSR count). The van der Waals surface area contributed by atoms with E-state index < -0.39 is 26.4 Å². The average Bonchev–Trinajstić information content (AvgIpc) is 3.39. The summed E-state index contributed by atoms with van der Waals surface area (Å²) in [5.74, 6) is -0.483. The molecule has 2 atom stereocenters. The van der Waals surface area contributed by atoms with Crippen LogP contribution in [0.1, 0.15) is 22.0 Å². The Balaban J connectivity index is 1.76. The molecular formula is C20H18N4O5S3. The molecule has 2 aromatic carbocycles. The molecule has 2 N–H and O–H groups in total. The van der Waals surface area contributed by atoms with Crippen LogP contribution in [0.25, 0.3) is 21.3 Å². The van der Waals surface area contributed by atoms with E-state index in [-0.39, 0.29) is 24.1 Å². The van der Waals surface area contributed by atoms with Crippen molar-refractivity contribution < 1.29 is 21.6 Å². The molecule has 4 aromatic rings. The van der Waals surface area contributed by atoms with E-state index >= 15 is 0 Å². The van der Waals surface area contributed by atoms with Crippen LogP contribution in [0.15, 0.2) is 65.6 Å². The Labute approximate surface area is 190 Å². The maximum absolute atomic E-state index is 13.0. The molecule has 2 heterocycles. The molecule has 0 amide bonds. The summed E-state index contributed by atoms with van der Waals surface area (Å²) in [6, 6.07) is 15.6. The van der Waals surface area contributed by atoms with Crippen LogP contribution in [-0.2, 0) is 27.6 Å². The van der Waals surface area contributed by atoms with Crippen molar-refractivity contribution in [2.24, 2.45) is 0 Å². The van der Waals surface area contributed by atoms with Crippen LogP contribution >= 0.6 is 11.3 Å². The van der Waals surface area contributed by atoms with Gasteiger partial charge in [0, 0.05) is 0 Å². The molecule has 0 spiro atoms. The number of hydrogen-bond acceptors (Lipinski definition) is 8. The van der Waals surface area contributed by atoms with Gasteiger partial charge in [-0.1, -0.05) is 42.5 Å². The second kappa shape index (κ2) is 9.38. The molecule has 9 nitrogen and oxygen atoms in total. The number of aromatic nitrogens is 3. The lowest BCUT2D eigenvalue weighted by molar-refractivity contribution is 0.442. The minimum atomic E-state index is -3.80. The summed E-state index contributed by atoms with van der Waals surface area (Å²) in [4.78, 5) is 4.53.